The molecule has 0 radical (unpaired) electrons. The molecule has 0 saturated carbocycles. The quantitative estimate of drug-likeness (QED) is 0.814. The van der Waals surface area contributed by atoms with Crippen LogP contribution in [0.25, 0.3) is 0 Å². The second kappa shape index (κ2) is 11.0. The first kappa shape index (κ1) is 22.2. The van der Waals surface area contributed by atoms with E-state index in [1.54, 1.807) is 0 Å². The van der Waals surface area contributed by atoms with Gasteiger partial charge in [-0.15, -0.1) is 24.8 Å². The second-order valence-electron chi connectivity index (χ2n) is 6.96. The molecule has 4 nitrogen and oxygen atoms in total. The summed E-state index contributed by atoms with van der Waals surface area (Å²) < 4.78 is 0. The van der Waals surface area contributed by atoms with E-state index in [1.807, 2.05) is 0 Å². The lowest BCUT2D eigenvalue weighted by atomic mass is 10.00. The van der Waals surface area contributed by atoms with Crippen LogP contribution < -0.4 is 10.6 Å². The van der Waals surface area contributed by atoms with Crippen LogP contribution >= 0.6 is 24.8 Å². The molecule has 0 spiro atoms. The van der Waals surface area contributed by atoms with Crippen LogP contribution in [-0.2, 0) is 4.79 Å². The Kier molecular flexibility index (Phi) is 9.80. The molecular weight excluding hydrogens is 357 g/mol. The number of carbonyl (C=O) groups excluding carboxylic acids is 1. The summed E-state index contributed by atoms with van der Waals surface area (Å²) in [6.07, 6.45) is 5.09. The van der Waals surface area contributed by atoms with Gasteiger partial charge in [0.25, 0.3) is 0 Å². The molecule has 2 aliphatic heterocycles. The van der Waals surface area contributed by atoms with E-state index in [4.69, 9.17) is 0 Å². The van der Waals surface area contributed by atoms with Crippen LogP contribution in [0.15, 0.2) is 30.3 Å². The monoisotopic (exact) mass is 387 g/mol. The second-order valence-corrected chi connectivity index (χ2v) is 6.96. The number of piperidine rings is 1. The molecule has 25 heavy (non-hydrogen) atoms. The number of nitrogens with one attached hydrogen (secondary N) is 2. The minimum atomic E-state index is 0. The maximum Gasteiger partial charge on any atom is 0.221 e. The zero-order valence-corrected chi connectivity index (χ0v) is 16.6. The van der Waals surface area contributed by atoms with E-state index in [1.165, 1.54) is 12.0 Å². The van der Waals surface area contributed by atoms with Crippen molar-refractivity contribution in [3.05, 3.63) is 35.9 Å². The van der Waals surface area contributed by atoms with Gasteiger partial charge in [0, 0.05) is 37.6 Å². The lowest BCUT2D eigenvalue weighted by Crippen LogP contribution is -2.46. The van der Waals surface area contributed by atoms with Crippen LogP contribution in [0.5, 0.6) is 0 Å². The van der Waals surface area contributed by atoms with Gasteiger partial charge in [-0.05, 0) is 44.7 Å². The molecule has 2 aliphatic rings. The molecule has 0 aromatic heterocycles. The summed E-state index contributed by atoms with van der Waals surface area (Å²) in [6, 6.07) is 11.9. The summed E-state index contributed by atoms with van der Waals surface area (Å²) in [5, 5.41) is 6.64. The molecule has 6 heteroatoms. The molecule has 2 N–H and O–H groups in total. The van der Waals surface area contributed by atoms with Crippen molar-refractivity contribution < 1.29 is 4.79 Å². The topological polar surface area (TPSA) is 44.4 Å². The Morgan fingerprint density at radius 3 is 2.48 bits per heavy atom. The minimum Gasteiger partial charge on any atom is -0.353 e. The predicted octanol–water partition coefficient (Wildman–Crippen LogP) is 3.31. The Morgan fingerprint density at radius 2 is 1.88 bits per heavy atom. The van der Waals surface area contributed by atoms with Crippen LogP contribution in [0.2, 0.25) is 0 Å². The van der Waals surface area contributed by atoms with Crippen molar-refractivity contribution in [2.24, 2.45) is 0 Å². The van der Waals surface area contributed by atoms with Gasteiger partial charge >= 0.3 is 0 Å². The van der Waals surface area contributed by atoms with Gasteiger partial charge in [0.05, 0.1) is 0 Å². The number of rotatable bonds is 5. The Morgan fingerprint density at radius 1 is 1.20 bits per heavy atom. The Labute approximate surface area is 163 Å². The first-order valence-electron chi connectivity index (χ1n) is 9.04. The van der Waals surface area contributed by atoms with Crippen molar-refractivity contribution in [2.45, 2.75) is 57.2 Å². The van der Waals surface area contributed by atoms with Crippen LogP contribution in [0.4, 0.5) is 0 Å². The van der Waals surface area contributed by atoms with E-state index in [0.29, 0.717) is 24.5 Å². The largest absolute Gasteiger partial charge is 0.353 e. The molecule has 2 fully saturated rings. The normalized spacial score (nSPS) is 22.5. The average molecular weight is 388 g/mol. The molecule has 2 unspecified atom stereocenters. The van der Waals surface area contributed by atoms with Gasteiger partial charge in [-0.2, -0.15) is 0 Å². The Balaban J connectivity index is 0.00000156. The highest BCUT2D eigenvalue weighted by Crippen LogP contribution is 2.24. The standard InChI is InChI=1S/C19H29N3O.2ClH/c1-15(16-6-3-2-4-7-16)22-12-9-17(10-13-22)21-19(23)14-18-8-5-11-20-18;;/h2-4,6-7,15,17-18,20H,5,8-14H2,1H3,(H,21,23);2*1H. The fraction of sp³-hybridized carbons (Fsp3) is 0.632. The van der Waals surface area contributed by atoms with E-state index >= 15 is 0 Å². The lowest BCUT2D eigenvalue weighted by Gasteiger charge is -2.36. The fourth-order valence-corrected chi connectivity index (χ4v) is 3.81. The van der Waals surface area contributed by atoms with Crippen molar-refractivity contribution in [1.29, 1.82) is 0 Å². The number of halogens is 2. The fourth-order valence-electron chi connectivity index (χ4n) is 3.81. The summed E-state index contributed by atoms with van der Waals surface area (Å²) >= 11 is 0. The third-order valence-corrected chi connectivity index (χ3v) is 5.32. The summed E-state index contributed by atoms with van der Waals surface area (Å²) in [5.74, 6) is 0.221. The van der Waals surface area contributed by atoms with E-state index in [-0.39, 0.29) is 30.7 Å². The predicted molar refractivity (Wildman–Crippen MR) is 108 cm³/mol. The smallest absolute Gasteiger partial charge is 0.221 e. The number of benzene rings is 1. The van der Waals surface area contributed by atoms with E-state index in [9.17, 15) is 4.79 Å². The van der Waals surface area contributed by atoms with Gasteiger partial charge < -0.3 is 10.6 Å². The van der Waals surface area contributed by atoms with E-state index in [2.05, 4.69) is 52.8 Å². The molecule has 1 aromatic rings. The van der Waals surface area contributed by atoms with E-state index < -0.39 is 0 Å². The number of hydrogen-bond acceptors (Lipinski definition) is 3. The Bertz CT molecular complexity index is 501. The zero-order valence-electron chi connectivity index (χ0n) is 14.9. The van der Waals surface area contributed by atoms with Crippen LogP contribution in [0, 0.1) is 0 Å². The SMILES string of the molecule is CC(c1ccccc1)N1CCC(NC(=O)CC2CCCN2)CC1.Cl.Cl. The van der Waals surface area contributed by atoms with Gasteiger partial charge in [0.1, 0.15) is 0 Å². The van der Waals surface area contributed by atoms with Crippen LogP contribution in [0.3, 0.4) is 0 Å². The minimum absolute atomic E-state index is 0. The van der Waals surface area contributed by atoms with Gasteiger partial charge in [0.15, 0.2) is 0 Å². The number of hydrogen-bond donors (Lipinski definition) is 2. The summed E-state index contributed by atoms with van der Waals surface area (Å²) in [5.41, 5.74) is 1.38. The molecule has 3 rings (SSSR count). The highest BCUT2D eigenvalue weighted by atomic mass is 35.5. The molecule has 2 saturated heterocycles. The lowest BCUT2D eigenvalue weighted by molar-refractivity contribution is -0.122. The first-order chi connectivity index (χ1) is 11.2. The first-order valence-corrected chi connectivity index (χ1v) is 9.04. The number of likely N-dealkylation sites (tertiary alicyclic amines) is 1. The van der Waals surface area contributed by atoms with Crippen molar-refractivity contribution in [1.82, 2.24) is 15.5 Å². The molecule has 1 amide bonds. The molecule has 1 aromatic carbocycles. The third kappa shape index (κ3) is 6.45. The molecular formula is C19H31Cl2N3O. The van der Waals surface area contributed by atoms with Crippen molar-refractivity contribution >= 4 is 30.7 Å². The zero-order chi connectivity index (χ0) is 16.1. The highest BCUT2D eigenvalue weighted by molar-refractivity contribution is 5.85. The number of carbonyl (C=O) groups is 1. The molecule has 0 bridgehead atoms. The van der Waals surface area contributed by atoms with Crippen molar-refractivity contribution in [3.8, 4) is 0 Å². The number of amides is 1. The molecule has 2 atom stereocenters. The molecule has 0 aliphatic carbocycles. The van der Waals surface area contributed by atoms with Gasteiger partial charge in [-0.25, -0.2) is 0 Å². The third-order valence-electron chi connectivity index (χ3n) is 5.32. The summed E-state index contributed by atoms with van der Waals surface area (Å²) in [4.78, 5) is 14.7. The highest BCUT2D eigenvalue weighted by Gasteiger charge is 2.25. The summed E-state index contributed by atoms with van der Waals surface area (Å²) in [6.45, 7) is 5.46. The van der Waals surface area contributed by atoms with Gasteiger partial charge in [-0.3, -0.25) is 9.69 Å². The van der Waals surface area contributed by atoms with Crippen LogP contribution in [-0.4, -0.2) is 42.5 Å². The average Bonchev–Trinajstić information content (AvgIpc) is 3.08. The van der Waals surface area contributed by atoms with Gasteiger partial charge in [0.2, 0.25) is 5.91 Å². The molecule has 142 valence electrons. The van der Waals surface area contributed by atoms with E-state index in [0.717, 1.165) is 38.9 Å². The maximum atomic E-state index is 12.1. The number of nitrogens with zero attached hydrogens (tertiary/aromatic N) is 1. The van der Waals surface area contributed by atoms with Gasteiger partial charge in [-0.1, -0.05) is 30.3 Å². The van der Waals surface area contributed by atoms with Crippen LogP contribution in [0.1, 0.15) is 50.6 Å². The summed E-state index contributed by atoms with van der Waals surface area (Å²) in [7, 11) is 0. The Hall–Kier alpha value is -0.810. The molecule has 2 heterocycles. The van der Waals surface area contributed by atoms with Crippen molar-refractivity contribution in [2.75, 3.05) is 19.6 Å². The maximum absolute atomic E-state index is 12.1. The van der Waals surface area contributed by atoms with Crippen molar-refractivity contribution in [3.63, 3.8) is 0 Å².